The number of β-amino-alcohol motifs (C(OH)–C–C–N with tert-alkyl or cyclic N) is 1. The maximum Gasteiger partial charge on any atom is 0.337 e. The van der Waals surface area contributed by atoms with Crippen LogP contribution in [0.15, 0.2) is 29.5 Å². The Bertz CT molecular complexity index is 772. The number of ether oxygens (including phenoxy) is 1. The first kappa shape index (κ1) is 19.3. The number of amides is 2. The lowest BCUT2D eigenvalue weighted by atomic mass is 10.1. The zero-order valence-electron chi connectivity index (χ0n) is 14.8. The SMILES string of the molecule is COC(=O)C1=C(Nc2ccc(O)c(C(=O)N(C)C)c2)C(=O)N(CCO)C1. The number of carbonyl (C=O) groups is 3. The number of phenolic OH excluding ortho intramolecular Hbond substituents is 1. The highest BCUT2D eigenvalue weighted by molar-refractivity contribution is 6.08. The van der Waals surface area contributed by atoms with Crippen LogP contribution in [0.5, 0.6) is 5.75 Å². The van der Waals surface area contributed by atoms with E-state index in [1.165, 1.54) is 35.1 Å². The van der Waals surface area contributed by atoms with Crippen LogP contribution in [0.2, 0.25) is 0 Å². The van der Waals surface area contributed by atoms with E-state index in [-0.39, 0.29) is 42.3 Å². The van der Waals surface area contributed by atoms with Gasteiger partial charge in [0.25, 0.3) is 11.8 Å². The Labute approximate surface area is 150 Å². The van der Waals surface area contributed by atoms with Gasteiger partial charge in [-0.1, -0.05) is 0 Å². The van der Waals surface area contributed by atoms with Crippen molar-refractivity contribution in [1.82, 2.24) is 9.80 Å². The van der Waals surface area contributed by atoms with Crippen molar-refractivity contribution >= 4 is 23.5 Å². The fraction of sp³-hybridized carbons (Fsp3) is 0.353. The first-order chi connectivity index (χ1) is 12.3. The molecule has 0 fully saturated rings. The summed E-state index contributed by atoms with van der Waals surface area (Å²) in [5.74, 6) is -1.73. The van der Waals surface area contributed by atoms with Crippen molar-refractivity contribution in [3.8, 4) is 5.75 Å². The summed E-state index contributed by atoms with van der Waals surface area (Å²) >= 11 is 0. The highest BCUT2D eigenvalue weighted by Crippen LogP contribution is 2.26. The average molecular weight is 363 g/mol. The molecule has 26 heavy (non-hydrogen) atoms. The number of anilines is 1. The standard InChI is InChI=1S/C17H21N3O6/c1-19(2)15(23)11-8-10(4-5-13(11)22)18-14-12(17(25)26-3)9-20(6-7-21)16(14)24/h4-5,8,18,21-22H,6-7,9H2,1-3H3. The third-order valence-electron chi connectivity index (χ3n) is 3.86. The van der Waals surface area contributed by atoms with Crippen molar-refractivity contribution in [1.29, 1.82) is 0 Å². The van der Waals surface area contributed by atoms with Gasteiger partial charge in [0.05, 0.1) is 31.4 Å². The van der Waals surface area contributed by atoms with Gasteiger partial charge < -0.3 is 30.1 Å². The van der Waals surface area contributed by atoms with Crippen LogP contribution >= 0.6 is 0 Å². The Kier molecular flexibility index (Phi) is 5.83. The van der Waals surface area contributed by atoms with E-state index < -0.39 is 17.8 Å². The largest absolute Gasteiger partial charge is 0.507 e. The Morgan fingerprint density at radius 3 is 2.62 bits per heavy atom. The van der Waals surface area contributed by atoms with E-state index in [0.29, 0.717) is 5.69 Å². The van der Waals surface area contributed by atoms with Crippen molar-refractivity contribution in [2.75, 3.05) is 46.2 Å². The Morgan fingerprint density at radius 1 is 1.35 bits per heavy atom. The molecule has 0 atom stereocenters. The first-order valence-electron chi connectivity index (χ1n) is 7.83. The highest BCUT2D eigenvalue weighted by Gasteiger charge is 2.34. The first-order valence-corrected chi connectivity index (χ1v) is 7.83. The molecule has 1 aromatic rings. The molecule has 1 aliphatic rings. The summed E-state index contributed by atoms with van der Waals surface area (Å²) in [4.78, 5) is 39.2. The van der Waals surface area contributed by atoms with E-state index in [0.717, 1.165) is 0 Å². The molecule has 0 aliphatic carbocycles. The molecule has 1 heterocycles. The van der Waals surface area contributed by atoms with Crippen LogP contribution in [-0.2, 0) is 14.3 Å². The van der Waals surface area contributed by atoms with Crippen molar-refractivity contribution in [2.45, 2.75) is 0 Å². The minimum Gasteiger partial charge on any atom is -0.507 e. The highest BCUT2D eigenvalue weighted by atomic mass is 16.5. The molecule has 0 bridgehead atoms. The van der Waals surface area contributed by atoms with Gasteiger partial charge in [0.15, 0.2) is 0 Å². The van der Waals surface area contributed by atoms with Crippen LogP contribution in [0.4, 0.5) is 5.69 Å². The summed E-state index contributed by atoms with van der Waals surface area (Å²) in [5.41, 5.74) is 0.542. The predicted molar refractivity (Wildman–Crippen MR) is 92.5 cm³/mol. The van der Waals surface area contributed by atoms with Crippen molar-refractivity contribution in [3.63, 3.8) is 0 Å². The number of benzene rings is 1. The summed E-state index contributed by atoms with van der Waals surface area (Å²) in [5, 5.41) is 21.8. The van der Waals surface area contributed by atoms with Gasteiger partial charge >= 0.3 is 5.97 Å². The maximum absolute atomic E-state index is 12.5. The van der Waals surface area contributed by atoms with Crippen LogP contribution in [-0.4, -0.2) is 78.7 Å². The number of methoxy groups -OCH3 is 1. The van der Waals surface area contributed by atoms with E-state index in [1.54, 1.807) is 14.1 Å². The zero-order chi connectivity index (χ0) is 19.4. The van der Waals surface area contributed by atoms with Crippen LogP contribution < -0.4 is 5.32 Å². The lowest BCUT2D eigenvalue weighted by molar-refractivity contribution is -0.136. The second kappa shape index (κ2) is 7.87. The van der Waals surface area contributed by atoms with Crippen LogP contribution in [0, 0.1) is 0 Å². The number of carbonyl (C=O) groups excluding carboxylic acids is 3. The Balaban J connectivity index is 2.38. The normalized spacial score (nSPS) is 13.8. The summed E-state index contributed by atoms with van der Waals surface area (Å²) in [6.07, 6.45) is 0. The number of nitrogens with one attached hydrogen (secondary N) is 1. The summed E-state index contributed by atoms with van der Waals surface area (Å²) < 4.78 is 4.71. The number of rotatable bonds is 6. The van der Waals surface area contributed by atoms with Crippen LogP contribution in [0.1, 0.15) is 10.4 Å². The molecule has 9 nitrogen and oxygen atoms in total. The second-order valence-electron chi connectivity index (χ2n) is 5.85. The quantitative estimate of drug-likeness (QED) is 0.472. The molecule has 3 N–H and O–H groups in total. The van der Waals surface area contributed by atoms with Gasteiger partial charge in [-0.15, -0.1) is 0 Å². The number of aliphatic hydroxyl groups excluding tert-OH is 1. The van der Waals surface area contributed by atoms with E-state index in [2.05, 4.69) is 5.32 Å². The van der Waals surface area contributed by atoms with Crippen LogP contribution in [0.25, 0.3) is 0 Å². The molecule has 140 valence electrons. The lowest BCUT2D eigenvalue weighted by Gasteiger charge is -2.16. The van der Waals surface area contributed by atoms with Gasteiger partial charge in [-0.3, -0.25) is 9.59 Å². The molecular formula is C17H21N3O6. The molecule has 2 rings (SSSR count). The zero-order valence-corrected chi connectivity index (χ0v) is 14.8. The van der Waals surface area contributed by atoms with Crippen molar-refractivity contribution in [2.24, 2.45) is 0 Å². The second-order valence-corrected chi connectivity index (χ2v) is 5.85. The molecule has 0 radical (unpaired) electrons. The molecular weight excluding hydrogens is 342 g/mol. The molecule has 9 heteroatoms. The number of hydrogen-bond donors (Lipinski definition) is 3. The number of esters is 1. The third kappa shape index (κ3) is 3.77. The van der Waals surface area contributed by atoms with Crippen molar-refractivity contribution in [3.05, 3.63) is 35.0 Å². The third-order valence-corrected chi connectivity index (χ3v) is 3.86. The fourth-order valence-corrected chi connectivity index (χ4v) is 2.52. The molecule has 0 spiro atoms. The van der Waals surface area contributed by atoms with Crippen LogP contribution in [0.3, 0.4) is 0 Å². The molecule has 0 unspecified atom stereocenters. The lowest BCUT2D eigenvalue weighted by Crippen LogP contribution is -2.31. The van der Waals surface area contributed by atoms with Gasteiger partial charge in [-0.05, 0) is 18.2 Å². The molecule has 0 aromatic heterocycles. The van der Waals surface area contributed by atoms with E-state index in [1.807, 2.05) is 0 Å². The number of aromatic hydroxyl groups is 1. The van der Waals surface area contributed by atoms with E-state index >= 15 is 0 Å². The Morgan fingerprint density at radius 2 is 2.04 bits per heavy atom. The summed E-state index contributed by atoms with van der Waals surface area (Å²) in [6, 6.07) is 4.19. The monoisotopic (exact) mass is 363 g/mol. The molecule has 0 saturated heterocycles. The summed E-state index contributed by atoms with van der Waals surface area (Å²) in [6.45, 7) is -0.158. The Hall–Kier alpha value is -3.07. The van der Waals surface area contributed by atoms with Gasteiger partial charge in [-0.25, -0.2) is 4.79 Å². The molecule has 1 aliphatic heterocycles. The minimum absolute atomic E-state index is 0.00989. The number of nitrogens with zero attached hydrogens (tertiary/aromatic N) is 2. The summed E-state index contributed by atoms with van der Waals surface area (Å²) in [7, 11) is 4.31. The molecule has 0 saturated carbocycles. The van der Waals surface area contributed by atoms with Gasteiger partial charge in [-0.2, -0.15) is 0 Å². The fourth-order valence-electron chi connectivity index (χ4n) is 2.52. The minimum atomic E-state index is -0.662. The smallest absolute Gasteiger partial charge is 0.337 e. The number of aliphatic hydroxyl groups is 1. The molecule has 1 aromatic carbocycles. The predicted octanol–water partition coefficient (Wildman–Crippen LogP) is -0.233. The van der Waals surface area contributed by atoms with Gasteiger partial charge in [0.1, 0.15) is 11.4 Å². The van der Waals surface area contributed by atoms with E-state index in [4.69, 9.17) is 9.84 Å². The average Bonchev–Trinajstić information content (AvgIpc) is 2.92. The van der Waals surface area contributed by atoms with E-state index in [9.17, 15) is 19.5 Å². The van der Waals surface area contributed by atoms with Gasteiger partial charge in [0, 0.05) is 26.3 Å². The number of hydrogen-bond acceptors (Lipinski definition) is 7. The van der Waals surface area contributed by atoms with Crippen molar-refractivity contribution < 1.29 is 29.3 Å². The number of phenols is 1. The van der Waals surface area contributed by atoms with Gasteiger partial charge in [0.2, 0.25) is 0 Å². The maximum atomic E-state index is 12.5. The topological polar surface area (TPSA) is 119 Å². The molecule has 2 amide bonds.